The highest BCUT2D eigenvalue weighted by Crippen LogP contribution is 2.24. The fraction of sp³-hybridized carbons (Fsp3) is 0.105. The number of benzene rings is 2. The number of hydrogen-bond acceptors (Lipinski definition) is 5. The van der Waals surface area contributed by atoms with Crippen molar-refractivity contribution in [1.82, 2.24) is 15.5 Å². The highest BCUT2D eigenvalue weighted by atomic mass is 16.5. The summed E-state index contributed by atoms with van der Waals surface area (Å²) >= 11 is 0. The van der Waals surface area contributed by atoms with Gasteiger partial charge in [0.15, 0.2) is 0 Å². The standard InChI is InChI=1S/C19H17N3O5/c1-27-16-4-2-11(3-5-16)17-14(10-21-22-17)9-20-18(24)12-6-13(19(25)26)8-15(23)7-12/h2-8,10,23H,9H2,1H3,(H,20,24)(H,21,22)(H,25,26). The lowest BCUT2D eigenvalue weighted by atomic mass is 10.1. The topological polar surface area (TPSA) is 125 Å². The molecule has 0 spiro atoms. The molecule has 1 aromatic heterocycles. The van der Waals surface area contributed by atoms with Gasteiger partial charge in [-0.1, -0.05) is 0 Å². The van der Waals surface area contributed by atoms with Crippen molar-refractivity contribution in [1.29, 1.82) is 0 Å². The first-order valence-corrected chi connectivity index (χ1v) is 8.00. The smallest absolute Gasteiger partial charge is 0.335 e. The Morgan fingerprint density at radius 2 is 1.85 bits per heavy atom. The van der Waals surface area contributed by atoms with Crippen LogP contribution in [0, 0.1) is 0 Å². The third-order valence-corrected chi connectivity index (χ3v) is 3.96. The van der Waals surface area contributed by atoms with Gasteiger partial charge in [-0.3, -0.25) is 9.89 Å². The molecule has 0 saturated carbocycles. The van der Waals surface area contributed by atoms with E-state index in [0.29, 0.717) is 0 Å². The number of aromatic amines is 1. The van der Waals surface area contributed by atoms with Gasteiger partial charge in [0.1, 0.15) is 11.5 Å². The van der Waals surface area contributed by atoms with Crippen molar-refractivity contribution in [2.75, 3.05) is 7.11 Å². The third-order valence-electron chi connectivity index (χ3n) is 3.96. The number of methoxy groups -OCH3 is 1. The quantitative estimate of drug-likeness (QED) is 0.530. The van der Waals surface area contributed by atoms with Crippen molar-refractivity contribution in [3.05, 3.63) is 65.4 Å². The molecule has 0 atom stereocenters. The minimum atomic E-state index is -1.23. The van der Waals surface area contributed by atoms with Gasteiger partial charge in [0.2, 0.25) is 0 Å². The Hall–Kier alpha value is -3.81. The molecule has 0 aliphatic carbocycles. The highest BCUT2D eigenvalue weighted by molar-refractivity contribution is 5.98. The molecule has 0 radical (unpaired) electrons. The zero-order valence-corrected chi connectivity index (χ0v) is 14.4. The maximum Gasteiger partial charge on any atom is 0.335 e. The van der Waals surface area contributed by atoms with Gasteiger partial charge in [-0.2, -0.15) is 5.10 Å². The lowest BCUT2D eigenvalue weighted by molar-refractivity contribution is 0.0696. The van der Waals surface area contributed by atoms with Crippen molar-refractivity contribution in [3.8, 4) is 22.8 Å². The number of amides is 1. The fourth-order valence-electron chi connectivity index (χ4n) is 2.60. The number of carboxylic acid groups (broad SMARTS) is 1. The molecule has 0 saturated heterocycles. The van der Waals surface area contributed by atoms with Crippen LogP contribution in [0.5, 0.6) is 11.5 Å². The summed E-state index contributed by atoms with van der Waals surface area (Å²) in [5, 5.41) is 28.3. The van der Waals surface area contributed by atoms with E-state index in [1.807, 2.05) is 24.3 Å². The first kappa shape index (κ1) is 18.0. The zero-order valence-electron chi connectivity index (χ0n) is 14.4. The summed E-state index contributed by atoms with van der Waals surface area (Å²) in [6.45, 7) is 0.175. The van der Waals surface area contributed by atoms with Gasteiger partial charge in [0, 0.05) is 23.2 Å². The first-order chi connectivity index (χ1) is 13.0. The van der Waals surface area contributed by atoms with E-state index in [9.17, 15) is 14.7 Å². The Balaban J connectivity index is 1.75. The number of hydrogen-bond donors (Lipinski definition) is 4. The molecule has 1 heterocycles. The molecule has 8 nitrogen and oxygen atoms in total. The van der Waals surface area contributed by atoms with Crippen LogP contribution in [0.15, 0.2) is 48.7 Å². The Labute approximate surface area is 154 Å². The van der Waals surface area contributed by atoms with Crippen LogP contribution in [0.1, 0.15) is 26.3 Å². The van der Waals surface area contributed by atoms with E-state index < -0.39 is 11.9 Å². The van der Waals surface area contributed by atoms with E-state index in [4.69, 9.17) is 9.84 Å². The van der Waals surface area contributed by atoms with Crippen LogP contribution in [0.2, 0.25) is 0 Å². The number of H-pyrrole nitrogens is 1. The van der Waals surface area contributed by atoms with E-state index >= 15 is 0 Å². The SMILES string of the molecule is COc1ccc(-c2[nH]ncc2CNC(=O)c2cc(O)cc(C(=O)O)c2)cc1. The van der Waals surface area contributed by atoms with Crippen molar-refractivity contribution < 1.29 is 24.5 Å². The fourth-order valence-corrected chi connectivity index (χ4v) is 2.60. The summed E-state index contributed by atoms with van der Waals surface area (Å²) in [5.74, 6) is -1.29. The van der Waals surface area contributed by atoms with Gasteiger partial charge >= 0.3 is 5.97 Å². The summed E-state index contributed by atoms with van der Waals surface area (Å²) in [6.07, 6.45) is 1.60. The number of carbonyl (C=O) groups is 2. The third kappa shape index (κ3) is 4.06. The number of nitrogens with one attached hydrogen (secondary N) is 2. The van der Waals surface area contributed by atoms with E-state index in [1.54, 1.807) is 13.3 Å². The monoisotopic (exact) mass is 367 g/mol. The Kier molecular flexibility index (Phi) is 5.07. The van der Waals surface area contributed by atoms with Crippen LogP contribution >= 0.6 is 0 Å². The van der Waals surface area contributed by atoms with Gasteiger partial charge < -0.3 is 20.3 Å². The van der Waals surface area contributed by atoms with Gasteiger partial charge in [0.05, 0.1) is 24.6 Å². The van der Waals surface area contributed by atoms with Crippen LogP contribution in [0.3, 0.4) is 0 Å². The minimum Gasteiger partial charge on any atom is -0.508 e. The molecule has 4 N–H and O–H groups in total. The number of aromatic carboxylic acids is 1. The molecule has 3 rings (SSSR count). The predicted molar refractivity (Wildman–Crippen MR) is 96.8 cm³/mol. The lowest BCUT2D eigenvalue weighted by Gasteiger charge is -2.08. The number of ether oxygens (including phenoxy) is 1. The molecule has 0 aliphatic rings. The van der Waals surface area contributed by atoms with Gasteiger partial charge in [-0.05, 0) is 42.5 Å². The highest BCUT2D eigenvalue weighted by Gasteiger charge is 2.14. The van der Waals surface area contributed by atoms with Crippen LogP contribution in [0.25, 0.3) is 11.3 Å². The summed E-state index contributed by atoms with van der Waals surface area (Å²) < 4.78 is 5.14. The molecule has 8 heteroatoms. The zero-order chi connectivity index (χ0) is 19.4. The molecular formula is C19H17N3O5. The first-order valence-electron chi connectivity index (χ1n) is 8.00. The van der Waals surface area contributed by atoms with E-state index in [-0.39, 0.29) is 23.4 Å². The van der Waals surface area contributed by atoms with E-state index in [0.717, 1.165) is 28.6 Å². The Morgan fingerprint density at radius 1 is 1.15 bits per heavy atom. The summed E-state index contributed by atoms with van der Waals surface area (Å²) in [6, 6.07) is 10.9. The van der Waals surface area contributed by atoms with Crippen LogP contribution in [-0.2, 0) is 6.54 Å². The summed E-state index contributed by atoms with van der Waals surface area (Å²) in [7, 11) is 1.59. The minimum absolute atomic E-state index is 0.0573. The molecule has 2 aromatic carbocycles. The molecule has 0 fully saturated rings. The Morgan fingerprint density at radius 3 is 2.52 bits per heavy atom. The average molecular weight is 367 g/mol. The molecule has 0 aliphatic heterocycles. The maximum absolute atomic E-state index is 12.3. The molecule has 27 heavy (non-hydrogen) atoms. The summed E-state index contributed by atoms with van der Waals surface area (Å²) in [4.78, 5) is 23.4. The molecular weight excluding hydrogens is 350 g/mol. The number of aromatic hydroxyl groups is 1. The van der Waals surface area contributed by atoms with Crippen molar-refractivity contribution >= 4 is 11.9 Å². The van der Waals surface area contributed by atoms with Crippen LogP contribution < -0.4 is 10.1 Å². The summed E-state index contributed by atoms with van der Waals surface area (Å²) in [5.41, 5.74) is 2.28. The molecule has 138 valence electrons. The number of rotatable bonds is 6. The molecule has 0 bridgehead atoms. The normalized spacial score (nSPS) is 10.4. The number of nitrogens with zero attached hydrogens (tertiary/aromatic N) is 1. The number of phenols is 1. The van der Waals surface area contributed by atoms with Crippen LogP contribution in [-0.4, -0.2) is 39.4 Å². The van der Waals surface area contributed by atoms with E-state index in [1.165, 1.54) is 12.1 Å². The van der Waals surface area contributed by atoms with Crippen molar-refractivity contribution in [2.24, 2.45) is 0 Å². The second-order valence-corrected chi connectivity index (χ2v) is 5.76. The van der Waals surface area contributed by atoms with E-state index in [2.05, 4.69) is 15.5 Å². The largest absolute Gasteiger partial charge is 0.508 e. The maximum atomic E-state index is 12.3. The van der Waals surface area contributed by atoms with Crippen molar-refractivity contribution in [3.63, 3.8) is 0 Å². The number of phenolic OH excluding ortho intramolecular Hbond substituents is 1. The van der Waals surface area contributed by atoms with Gasteiger partial charge in [-0.15, -0.1) is 0 Å². The number of aromatic nitrogens is 2. The molecule has 3 aromatic rings. The molecule has 0 unspecified atom stereocenters. The second-order valence-electron chi connectivity index (χ2n) is 5.76. The molecule has 1 amide bonds. The Bertz CT molecular complexity index is 979. The number of carbonyl (C=O) groups excluding carboxylic acids is 1. The lowest BCUT2D eigenvalue weighted by Crippen LogP contribution is -2.23. The van der Waals surface area contributed by atoms with Gasteiger partial charge in [-0.25, -0.2) is 4.79 Å². The van der Waals surface area contributed by atoms with Crippen LogP contribution in [0.4, 0.5) is 0 Å². The predicted octanol–water partition coefficient (Wildman–Crippen LogP) is 2.42. The second kappa shape index (κ2) is 7.61. The van der Waals surface area contributed by atoms with Gasteiger partial charge in [0.25, 0.3) is 5.91 Å². The number of carboxylic acids is 1. The van der Waals surface area contributed by atoms with Crippen molar-refractivity contribution in [2.45, 2.75) is 6.54 Å². The average Bonchev–Trinajstić information content (AvgIpc) is 3.14.